The van der Waals surface area contributed by atoms with Crippen LogP contribution in [0.15, 0.2) is 54.6 Å². The number of carbonyl (C=O) groups is 2. The van der Waals surface area contributed by atoms with Gasteiger partial charge >= 0.3 is 5.97 Å². The quantitative estimate of drug-likeness (QED) is 0.828. The van der Waals surface area contributed by atoms with Crippen LogP contribution in [0, 0.1) is 0 Å². The Morgan fingerprint density at radius 2 is 1.85 bits per heavy atom. The smallest absolute Gasteiger partial charge is 0.339 e. The molecule has 0 aliphatic heterocycles. The molecule has 1 N–H and O–H groups in total. The van der Waals surface area contributed by atoms with E-state index in [0.29, 0.717) is 11.1 Å². The highest BCUT2D eigenvalue weighted by molar-refractivity contribution is 5.93. The van der Waals surface area contributed by atoms with E-state index in [4.69, 9.17) is 4.74 Å². The van der Waals surface area contributed by atoms with Gasteiger partial charge in [0.05, 0.1) is 5.56 Å². The second kappa shape index (κ2) is 8.00. The Bertz CT molecular complexity index is 825. The fraction of sp³-hybridized carbons (Fsp3) is 0.273. The minimum Gasteiger partial charge on any atom is -0.444 e. The lowest BCUT2D eigenvalue weighted by molar-refractivity contribution is -0.130. The SMILES string of the molecule is CC(C)NC(=O)C(OC(=O)c1ccc2c(c1)CCC=C2)c1ccccc1. The number of hydrogen-bond acceptors (Lipinski definition) is 3. The molecule has 26 heavy (non-hydrogen) atoms. The average molecular weight is 349 g/mol. The van der Waals surface area contributed by atoms with Crippen LogP contribution < -0.4 is 5.32 Å². The van der Waals surface area contributed by atoms with E-state index in [2.05, 4.69) is 17.5 Å². The van der Waals surface area contributed by atoms with Crippen molar-refractivity contribution >= 4 is 18.0 Å². The number of carbonyl (C=O) groups excluding carboxylic acids is 2. The van der Waals surface area contributed by atoms with Crippen molar-refractivity contribution in [2.45, 2.75) is 38.8 Å². The van der Waals surface area contributed by atoms with Gasteiger partial charge in [-0.2, -0.15) is 0 Å². The molecule has 0 bridgehead atoms. The van der Waals surface area contributed by atoms with Gasteiger partial charge in [0.1, 0.15) is 0 Å². The highest BCUT2D eigenvalue weighted by Gasteiger charge is 2.26. The molecule has 0 heterocycles. The summed E-state index contributed by atoms with van der Waals surface area (Å²) in [5, 5.41) is 2.82. The standard InChI is InChI=1S/C22H23NO3/c1-15(2)23-21(24)20(17-9-4-3-5-10-17)26-22(25)19-13-12-16-8-6-7-11-18(16)14-19/h3-6,8-10,12-15,20H,7,11H2,1-2H3,(H,23,24). The van der Waals surface area contributed by atoms with Crippen molar-refractivity contribution < 1.29 is 14.3 Å². The highest BCUT2D eigenvalue weighted by atomic mass is 16.5. The molecule has 1 aliphatic rings. The van der Waals surface area contributed by atoms with E-state index in [0.717, 1.165) is 24.0 Å². The number of amides is 1. The van der Waals surface area contributed by atoms with Crippen molar-refractivity contribution in [3.05, 3.63) is 76.9 Å². The molecular formula is C22H23NO3. The molecule has 2 aromatic carbocycles. The van der Waals surface area contributed by atoms with Crippen molar-refractivity contribution in [2.24, 2.45) is 0 Å². The van der Waals surface area contributed by atoms with E-state index in [-0.39, 0.29) is 11.9 Å². The fourth-order valence-corrected chi connectivity index (χ4v) is 3.00. The summed E-state index contributed by atoms with van der Waals surface area (Å²) in [6, 6.07) is 14.6. The molecule has 0 aromatic heterocycles. The molecule has 3 rings (SSSR count). The number of allylic oxidation sites excluding steroid dienone is 1. The van der Waals surface area contributed by atoms with Gasteiger partial charge in [0.25, 0.3) is 5.91 Å². The molecule has 1 amide bonds. The predicted octanol–water partition coefficient (Wildman–Crippen LogP) is 4.07. The van der Waals surface area contributed by atoms with Crippen LogP contribution in [-0.2, 0) is 16.0 Å². The zero-order valence-electron chi connectivity index (χ0n) is 15.1. The van der Waals surface area contributed by atoms with Crippen molar-refractivity contribution in [3.8, 4) is 0 Å². The van der Waals surface area contributed by atoms with Crippen molar-refractivity contribution in [1.29, 1.82) is 0 Å². The number of rotatable bonds is 5. The second-order valence-electron chi connectivity index (χ2n) is 6.71. The molecule has 134 valence electrons. The Balaban J connectivity index is 1.83. The lowest BCUT2D eigenvalue weighted by Crippen LogP contribution is -2.36. The number of nitrogens with one attached hydrogen (secondary N) is 1. The molecule has 0 fully saturated rings. The summed E-state index contributed by atoms with van der Waals surface area (Å²) in [4.78, 5) is 25.2. The normalized spacial score (nSPS) is 13.8. The lowest BCUT2D eigenvalue weighted by atomic mass is 9.95. The van der Waals surface area contributed by atoms with Crippen molar-refractivity contribution in [1.82, 2.24) is 5.32 Å². The molecule has 1 unspecified atom stereocenters. The van der Waals surface area contributed by atoms with E-state index < -0.39 is 12.1 Å². The first-order valence-corrected chi connectivity index (χ1v) is 8.90. The maximum Gasteiger partial charge on any atom is 0.339 e. The maximum absolute atomic E-state index is 12.7. The van der Waals surface area contributed by atoms with Crippen LogP contribution in [0.1, 0.15) is 53.4 Å². The molecule has 1 aliphatic carbocycles. The van der Waals surface area contributed by atoms with Gasteiger partial charge in [-0.15, -0.1) is 0 Å². The molecule has 1 atom stereocenters. The molecular weight excluding hydrogens is 326 g/mol. The third kappa shape index (κ3) is 4.20. The maximum atomic E-state index is 12.7. The van der Waals surface area contributed by atoms with Gasteiger partial charge in [0.15, 0.2) is 0 Å². The summed E-state index contributed by atoms with van der Waals surface area (Å²) >= 11 is 0. The Kier molecular flexibility index (Phi) is 5.52. The summed E-state index contributed by atoms with van der Waals surface area (Å²) in [5.74, 6) is -0.810. The van der Waals surface area contributed by atoms with Crippen LogP contribution in [0.5, 0.6) is 0 Å². The largest absolute Gasteiger partial charge is 0.444 e. The molecule has 4 heteroatoms. The summed E-state index contributed by atoms with van der Waals surface area (Å²) in [7, 11) is 0. The van der Waals surface area contributed by atoms with Gasteiger partial charge in [-0.05, 0) is 49.9 Å². The van der Waals surface area contributed by atoms with Gasteiger partial charge in [-0.3, -0.25) is 4.79 Å². The number of ether oxygens (including phenoxy) is 1. The number of hydrogen-bond donors (Lipinski definition) is 1. The molecule has 0 saturated carbocycles. The summed E-state index contributed by atoms with van der Waals surface area (Å²) in [6.07, 6.45) is 5.10. The second-order valence-corrected chi connectivity index (χ2v) is 6.71. The van der Waals surface area contributed by atoms with Gasteiger partial charge in [-0.25, -0.2) is 4.79 Å². The first-order chi connectivity index (χ1) is 12.5. The van der Waals surface area contributed by atoms with Crippen LogP contribution in [0.2, 0.25) is 0 Å². The van der Waals surface area contributed by atoms with Crippen molar-refractivity contribution in [3.63, 3.8) is 0 Å². The van der Waals surface area contributed by atoms with Crippen LogP contribution >= 0.6 is 0 Å². The van der Waals surface area contributed by atoms with E-state index in [1.807, 2.05) is 44.2 Å². The average Bonchev–Trinajstić information content (AvgIpc) is 2.65. The van der Waals surface area contributed by atoms with Crippen molar-refractivity contribution in [2.75, 3.05) is 0 Å². The van der Waals surface area contributed by atoms with Gasteiger partial charge in [0.2, 0.25) is 6.10 Å². The summed E-state index contributed by atoms with van der Waals surface area (Å²) in [6.45, 7) is 3.75. The number of aryl methyl sites for hydroxylation is 1. The monoisotopic (exact) mass is 349 g/mol. The number of benzene rings is 2. The third-order valence-electron chi connectivity index (χ3n) is 4.25. The van der Waals surface area contributed by atoms with E-state index in [1.54, 1.807) is 18.2 Å². The van der Waals surface area contributed by atoms with Gasteiger partial charge < -0.3 is 10.1 Å². The topological polar surface area (TPSA) is 55.4 Å². The van der Waals surface area contributed by atoms with Crippen LogP contribution in [0.3, 0.4) is 0 Å². The Morgan fingerprint density at radius 1 is 1.08 bits per heavy atom. The minimum atomic E-state index is -0.970. The summed E-state index contributed by atoms with van der Waals surface area (Å²) in [5.41, 5.74) is 3.38. The first-order valence-electron chi connectivity index (χ1n) is 8.90. The molecule has 4 nitrogen and oxygen atoms in total. The van der Waals surface area contributed by atoms with E-state index >= 15 is 0 Å². The van der Waals surface area contributed by atoms with Crippen LogP contribution in [0.25, 0.3) is 6.08 Å². The fourth-order valence-electron chi connectivity index (χ4n) is 3.00. The first kappa shape index (κ1) is 17.9. The Morgan fingerprint density at radius 3 is 2.58 bits per heavy atom. The molecule has 0 saturated heterocycles. The third-order valence-corrected chi connectivity index (χ3v) is 4.25. The lowest BCUT2D eigenvalue weighted by Gasteiger charge is -2.20. The van der Waals surface area contributed by atoms with Gasteiger partial charge in [0, 0.05) is 11.6 Å². The van der Waals surface area contributed by atoms with Gasteiger partial charge in [-0.1, -0.05) is 48.6 Å². The Hall–Kier alpha value is -2.88. The Labute approximate surface area is 153 Å². The number of esters is 1. The summed E-state index contributed by atoms with van der Waals surface area (Å²) < 4.78 is 5.61. The highest BCUT2D eigenvalue weighted by Crippen LogP contribution is 2.23. The molecule has 0 spiro atoms. The molecule has 2 aromatic rings. The zero-order chi connectivity index (χ0) is 18.5. The van der Waals surface area contributed by atoms with E-state index in [1.165, 1.54) is 0 Å². The molecule has 0 radical (unpaired) electrons. The predicted molar refractivity (Wildman–Crippen MR) is 102 cm³/mol. The minimum absolute atomic E-state index is 0.0389. The zero-order valence-corrected chi connectivity index (χ0v) is 15.1. The van der Waals surface area contributed by atoms with Crippen LogP contribution in [-0.4, -0.2) is 17.9 Å². The van der Waals surface area contributed by atoms with Crippen LogP contribution in [0.4, 0.5) is 0 Å². The number of fused-ring (bicyclic) bond motifs is 1. The van der Waals surface area contributed by atoms with E-state index in [9.17, 15) is 9.59 Å².